The number of aromatic nitrogens is 2. The van der Waals surface area contributed by atoms with E-state index in [4.69, 9.17) is 16.3 Å². The number of carbonyl (C=O) groups excluding carboxylic acids is 1. The van der Waals surface area contributed by atoms with Gasteiger partial charge in [-0.1, -0.05) is 23.4 Å². The van der Waals surface area contributed by atoms with Crippen LogP contribution in [0.2, 0.25) is 5.02 Å². The molecule has 0 bridgehead atoms. The minimum absolute atomic E-state index is 0.129. The number of hydrogen-bond donors (Lipinski definition) is 1. The van der Waals surface area contributed by atoms with Gasteiger partial charge in [-0.25, -0.2) is 4.79 Å². The summed E-state index contributed by atoms with van der Waals surface area (Å²) in [5, 5.41) is 3.64. The highest BCUT2D eigenvalue weighted by Crippen LogP contribution is 2.37. The second-order valence-corrected chi connectivity index (χ2v) is 8.53. The van der Waals surface area contributed by atoms with E-state index in [0.29, 0.717) is 22.0 Å². The van der Waals surface area contributed by atoms with Crippen LogP contribution in [0.4, 0.5) is 5.69 Å². The topological polar surface area (TPSA) is 65.3 Å². The molecule has 0 aliphatic rings. The van der Waals surface area contributed by atoms with Crippen LogP contribution in [0.5, 0.6) is 5.75 Å². The van der Waals surface area contributed by atoms with E-state index in [1.165, 1.54) is 11.8 Å². The van der Waals surface area contributed by atoms with Gasteiger partial charge in [0, 0.05) is 34.5 Å². The molecule has 1 aromatic heterocycles. The number of aryl methyl sites for hydroxylation is 2. The van der Waals surface area contributed by atoms with Gasteiger partial charge in [0.05, 0.1) is 23.8 Å². The SMILES string of the molecule is COc1ccc(C(=O)Nc2cc3c(cc2Sc2ccc(Cl)cc2)n(C)c(=O)n3C)cc1. The lowest BCUT2D eigenvalue weighted by Crippen LogP contribution is -2.19. The summed E-state index contributed by atoms with van der Waals surface area (Å²) < 4.78 is 8.32. The maximum absolute atomic E-state index is 12.9. The summed E-state index contributed by atoms with van der Waals surface area (Å²) in [6.45, 7) is 0. The van der Waals surface area contributed by atoms with E-state index in [1.54, 1.807) is 54.6 Å². The molecule has 0 atom stereocenters. The van der Waals surface area contributed by atoms with Crippen molar-refractivity contribution in [1.82, 2.24) is 9.13 Å². The van der Waals surface area contributed by atoms with Gasteiger partial charge in [-0.15, -0.1) is 0 Å². The number of rotatable bonds is 5. The number of imidazole rings is 1. The molecule has 4 rings (SSSR count). The van der Waals surface area contributed by atoms with Gasteiger partial charge in [-0.3, -0.25) is 13.9 Å². The molecule has 1 N–H and O–H groups in total. The number of hydrogen-bond acceptors (Lipinski definition) is 4. The summed E-state index contributed by atoms with van der Waals surface area (Å²) in [4.78, 5) is 27.1. The van der Waals surface area contributed by atoms with E-state index >= 15 is 0 Å². The molecular weight excluding hydrogens is 434 g/mol. The predicted molar refractivity (Wildman–Crippen MR) is 125 cm³/mol. The molecule has 0 aliphatic heterocycles. The van der Waals surface area contributed by atoms with Crippen molar-refractivity contribution in [1.29, 1.82) is 0 Å². The zero-order valence-corrected chi connectivity index (χ0v) is 18.8. The average molecular weight is 454 g/mol. The molecule has 6 nitrogen and oxygen atoms in total. The number of ether oxygens (including phenoxy) is 1. The van der Waals surface area contributed by atoms with Gasteiger partial charge in [-0.05, 0) is 60.7 Å². The van der Waals surface area contributed by atoms with E-state index < -0.39 is 0 Å². The maximum Gasteiger partial charge on any atom is 0.328 e. The van der Waals surface area contributed by atoms with Crippen molar-refractivity contribution >= 4 is 46.0 Å². The number of carbonyl (C=O) groups is 1. The number of nitrogens with one attached hydrogen (secondary N) is 1. The van der Waals surface area contributed by atoms with Crippen LogP contribution in [0.25, 0.3) is 11.0 Å². The Balaban J connectivity index is 1.76. The second-order valence-electron chi connectivity index (χ2n) is 6.98. The number of halogens is 1. The Hall–Kier alpha value is -3.16. The number of nitrogens with zero attached hydrogens (tertiary/aromatic N) is 2. The van der Waals surface area contributed by atoms with Crippen LogP contribution in [0.3, 0.4) is 0 Å². The van der Waals surface area contributed by atoms with Crippen LogP contribution >= 0.6 is 23.4 Å². The summed E-state index contributed by atoms with van der Waals surface area (Å²) in [5.41, 5.74) is 2.51. The van der Waals surface area contributed by atoms with Crippen LogP contribution in [-0.4, -0.2) is 22.2 Å². The number of anilines is 1. The third-order valence-electron chi connectivity index (χ3n) is 5.02. The number of fused-ring (bicyclic) bond motifs is 1. The highest BCUT2D eigenvalue weighted by Gasteiger charge is 2.16. The van der Waals surface area contributed by atoms with E-state index in [2.05, 4.69) is 5.32 Å². The fraction of sp³-hybridized carbons (Fsp3) is 0.130. The zero-order chi connectivity index (χ0) is 22.1. The van der Waals surface area contributed by atoms with Crippen molar-refractivity contribution < 1.29 is 9.53 Å². The van der Waals surface area contributed by atoms with Crippen molar-refractivity contribution in [2.45, 2.75) is 9.79 Å². The molecule has 0 fully saturated rings. The lowest BCUT2D eigenvalue weighted by atomic mass is 10.2. The normalized spacial score (nSPS) is 11.0. The van der Waals surface area contributed by atoms with E-state index in [9.17, 15) is 9.59 Å². The van der Waals surface area contributed by atoms with Crippen molar-refractivity contribution in [3.05, 3.63) is 81.7 Å². The second kappa shape index (κ2) is 8.53. The summed E-state index contributed by atoms with van der Waals surface area (Å²) >= 11 is 7.49. The number of amides is 1. The summed E-state index contributed by atoms with van der Waals surface area (Å²) in [6, 6.07) is 18.1. The van der Waals surface area contributed by atoms with Gasteiger partial charge in [0.1, 0.15) is 5.75 Å². The Bertz CT molecular complexity index is 1330. The number of methoxy groups -OCH3 is 1. The van der Waals surface area contributed by atoms with Gasteiger partial charge in [-0.2, -0.15) is 0 Å². The molecule has 0 spiro atoms. The highest BCUT2D eigenvalue weighted by molar-refractivity contribution is 7.99. The van der Waals surface area contributed by atoms with Crippen molar-refractivity contribution in [3.8, 4) is 5.75 Å². The fourth-order valence-electron chi connectivity index (χ4n) is 3.27. The lowest BCUT2D eigenvalue weighted by molar-refractivity contribution is 0.102. The highest BCUT2D eigenvalue weighted by atomic mass is 35.5. The molecule has 0 saturated heterocycles. The molecule has 0 aliphatic carbocycles. The Morgan fingerprint density at radius 3 is 2.19 bits per heavy atom. The van der Waals surface area contributed by atoms with Crippen LogP contribution in [0.15, 0.2) is 75.2 Å². The Morgan fingerprint density at radius 1 is 0.968 bits per heavy atom. The summed E-state index contributed by atoms with van der Waals surface area (Å²) in [5.74, 6) is 0.428. The average Bonchev–Trinajstić information content (AvgIpc) is 2.99. The Labute approximate surface area is 188 Å². The fourth-order valence-corrected chi connectivity index (χ4v) is 4.32. The van der Waals surface area contributed by atoms with Crippen molar-refractivity contribution in [2.24, 2.45) is 14.1 Å². The molecule has 4 aromatic rings. The van der Waals surface area contributed by atoms with Gasteiger partial charge in [0.25, 0.3) is 5.91 Å². The molecular formula is C23H20ClN3O3S. The molecule has 158 valence electrons. The molecule has 8 heteroatoms. The van der Waals surface area contributed by atoms with E-state index in [1.807, 2.05) is 36.4 Å². The first kappa shape index (κ1) is 21.1. The molecule has 1 amide bonds. The quantitative estimate of drug-likeness (QED) is 0.464. The van der Waals surface area contributed by atoms with E-state index in [-0.39, 0.29) is 11.6 Å². The zero-order valence-electron chi connectivity index (χ0n) is 17.2. The van der Waals surface area contributed by atoms with Crippen LogP contribution in [0, 0.1) is 0 Å². The monoisotopic (exact) mass is 453 g/mol. The number of benzene rings is 3. The van der Waals surface area contributed by atoms with Crippen LogP contribution in [-0.2, 0) is 14.1 Å². The molecule has 1 heterocycles. The first-order valence-electron chi connectivity index (χ1n) is 9.45. The Morgan fingerprint density at radius 2 is 1.58 bits per heavy atom. The van der Waals surface area contributed by atoms with Gasteiger partial charge < -0.3 is 10.1 Å². The predicted octanol–water partition coefficient (Wildman–Crippen LogP) is 4.94. The lowest BCUT2D eigenvalue weighted by Gasteiger charge is -2.13. The van der Waals surface area contributed by atoms with E-state index in [0.717, 1.165) is 20.8 Å². The standard InChI is InChI=1S/C23H20ClN3O3S/c1-26-19-12-18(25-22(28)14-4-8-16(30-3)9-5-14)21(13-20(19)27(2)23(26)29)31-17-10-6-15(24)7-11-17/h4-13H,1-3H3,(H,25,28). The molecule has 3 aromatic carbocycles. The minimum Gasteiger partial charge on any atom is -0.497 e. The molecule has 0 radical (unpaired) electrons. The third kappa shape index (κ3) is 4.19. The molecule has 0 saturated carbocycles. The summed E-state index contributed by atoms with van der Waals surface area (Å²) in [6.07, 6.45) is 0. The molecule has 0 unspecified atom stereocenters. The third-order valence-corrected chi connectivity index (χ3v) is 6.33. The van der Waals surface area contributed by atoms with Crippen molar-refractivity contribution in [2.75, 3.05) is 12.4 Å². The molecule has 31 heavy (non-hydrogen) atoms. The first-order valence-corrected chi connectivity index (χ1v) is 10.6. The van der Waals surface area contributed by atoms with Gasteiger partial charge in [0.15, 0.2) is 0 Å². The smallest absolute Gasteiger partial charge is 0.328 e. The Kier molecular flexibility index (Phi) is 5.80. The summed E-state index contributed by atoms with van der Waals surface area (Å²) in [7, 11) is 5.03. The van der Waals surface area contributed by atoms with Crippen LogP contribution in [0.1, 0.15) is 10.4 Å². The maximum atomic E-state index is 12.9. The minimum atomic E-state index is -0.249. The first-order chi connectivity index (χ1) is 14.9. The van der Waals surface area contributed by atoms with Gasteiger partial charge >= 0.3 is 5.69 Å². The van der Waals surface area contributed by atoms with Gasteiger partial charge in [0.2, 0.25) is 0 Å². The van der Waals surface area contributed by atoms with Crippen LogP contribution < -0.4 is 15.7 Å². The van der Waals surface area contributed by atoms with Crippen molar-refractivity contribution in [3.63, 3.8) is 0 Å². The largest absolute Gasteiger partial charge is 0.497 e.